The number of hydrogen-bond donors (Lipinski definition) is 1. The molecule has 0 aliphatic heterocycles. The number of ether oxygens (including phenoxy) is 1. The zero-order valence-corrected chi connectivity index (χ0v) is 16.1. The molecule has 2 aromatic carbocycles. The zero-order chi connectivity index (χ0) is 18.8. The van der Waals surface area contributed by atoms with Crippen LogP contribution < -0.4 is 5.32 Å². The average Bonchev–Trinajstić information content (AvgIpc) is 2.69. The van der Waals surface area contributed by atoms with Crippen LogP contribution in [0.1, 0.15) is 47.8 Å². The number of benzene rings is 2. The van der Waals surface area contributed by atoms with E-state index in [2.05, 4.69) is 24.1 Å². The quantitative estimate of drug-likeness (QED) is 0.701. The molecule has 0 saturated carbocycles. The summed E-state index contributed by atoms with van der Waals surface area (Å²) in [4.78, 5) is 14.7. The third-order valence-electron chi connectivity index (χ3n) is 4.47. The van der Waals surface area contributed by atoms with Crippen molar-refractivity contribution in [3.8, 4) is 0 Å². The highest BCUT2D eigenvalue weighted by Gasteiger charge is 2.07. The van der Waals surface area contributed by atoms with Crippen LogP contribution in [0.15, 0.2) is 48.5 Å². The molecule has 1 N–H and O–H groups in total. The van der Waals surface area contributed by atoms with Gasteiger partial charge in [-0.1, -0.05) is 50.2 Å². The fourth-order valence-corrected chi connectivity index (χ4v) is 2.72. The van der Waals surface area contributed by atoms with Crippen molar-refractivity contribution in [1.82, 2.24) is 10.2 Å². The molecule has 2 aromatic rings. The van der Waals surface area contributed by atoms with E-state index in [9.17, 15) is 4.79 Å². The van der Waals surface area contributed by atoms with Gasteiger partial charge in [0.15, 0.2) is 0 Å². The van der Waals surface area contributed by atoms with E-state index in [1.807, 2.05) is 55.5 Å². The molecular weight excluding hydrogens is 324 g/mol. The van der Waals surface area contributed by atoms with E-state index in [0.29, 0.717) is 25.3 Å². The number of carbonyl (C=O) groups is 1. The summed E-state index contributed by atoms with van der Waals surface area (Å²) in [5.41, 5.74) is 4.15. The van der Waals surface area contributed by atoms with E-state index < -0.39 is 0 Å². The number of nitrogens with zero attached hydrogens (tertiary/aromatic N) is 1. The Morgan fingerprint density at radius 1 is 0.885 bits per heavy atom. The average molecular weight is 354 g/mol. The maximum absolute atomic E-state index is 12.3. The van der Waals surface area contributed by atoms with Gasteiger partial charge in [0.1, 0.15) is 0 Å². The minimum atomic E-state index is -0.0437. The molecule has 0 aromatic heterocycles. The lowest BCUT2D eigenvalue weighted by Crippen LogP contribution is -2.23. The molecule has 140 valence electrons. The molecule has 4 nitrogen and oxygen atoms in total. The van der Waals surface area contributed by atoms with Crippen molar-refractivity contribution >= 4 is 5.91 Å². The Kier molecular flexibility index (Phi) is 8.32. The van der Waals surface area contributed by atoms with Crippen molar-refractivity contribution in [3.63, 3.8) is 0 Å². The lowest BCUT2D eigenvalue weighted by molar-refractivity contribution is 0.0951. The summed E-state index contributed by atoms with van der Waals surface area (Å²) in [6.45, 7) is 11.2. The second kappa shape index (κ2) is 10.7. The zero-order valence-electron chi connectivity index (χ0n) is 16.1. The predicted molar refractivity (Wildman–Crippen MR) is 106 cm³/mol. The molecule has 0 bridgehead atoms. The van der Waals surface area contributed by atoms with E-state index in [1.54, 1.807) is 0 Å². The summed E-state index contributed by atoms with van der Waals surface area (Å²) in [6.07, 6.45) is 0. The first kappa shape index (κ1) is 20.1. The molecule has 4 heteroatoms. The number of nitrogens with one attached hydrogen (secondary N) is 1. The van der Waals surface area contributed by atoms with Crippen LogP contribution in [0.5, 0.6) is 0 Å². The highest BCUT2D eigenvalue weighted by atomic mass is 16.5. The summed E-state index contributed by atoms with van der Waals surface area (Å²) in [5, 5.41) is 2.98. The van der Waals surface area contributed by atoms with Gasteiger partial charge in [-0.05, 0) is 48.8 Å². The number of amides is 1. The smallest absolute Gasteiger partial charge is 0.251 e. The molecule has 0 saturated heterocycles. The second-order valence-electron chi connectivity index (χ2n) is 6.29. The third-order valence-corrected chi connectivity index (χ3v) is 4.47. The van der Waals surface area contributed by atoms with Gasteiger partial charge < -0.3 is 10.1 Å². The standard InChI is InChI=1S/C22H30N2O2/c1-4-24(5-2)16-19-11-13-21(14-12-19)22(25)23-15-18-7-9-20(10-8-18)17-26-6-3/h7-14H,4-6,15-17H2,1-3H3,(H,23,25). The van der Waals surface area contributed by atoms with Gasteiger partial charge in [0.25, 0.3) is 5.91 Å². The molecule has 0 heterocycles. The fraction of sp³-hybridized carbons (Fsp3) is 0.409. The first-order chi connectivity index (χ1) is 12.7. The maximum Gasteiger partial charge on any atom is 0.251 e. The SMILES string of the molecule is CCOCc1ccc(CNC(=O)c2ccc(CN(CC)CC)cc2)cc1. The minimum Gasteiger partial charge on any atom is -0.377 e. The van der Waals surface area contributed by atoms with Gasteiger partial charge in [0, 0.05) is 25.3 Å². The van der Waals surface area contributed by atoms with Gasteiger partial charge in [-0.15, -0.1) is 0 Å². The van der Waals surface area contributed by atoms with Crippen molar-refractivity contribution < 1.29 is 9.53 Å². The van der Waals surface area contributed by atoms with Crippen molar-refractivity contribution in [2.45, 2.75) is 40.5 Å². The Bertz CT molecular complexity index is 662. The van der Waals surface area contributed by atoms with E-state index in [4.69, 9.17) is 4.74 Å². The Morgan fingerprint density at radius 3 is 2.04 bits per heavy atom. The minimum absolute atomic E-state index is 0.0437. The summed E-state index contributed by atoms with van der Waals surface area (Å²) >= 11 is 0. The summed E-state index contributed by atoms with van der Waals surface area (Å²) in [6, 6.07) is 16.0. The van der Waals surface area contributed by atoms with Crippen LogP contribution in [0.4, 0.5) is 0 Å². The van der Waals surface area contributed by atoms with Crippen molar-refractivity contribution in [1.29, 1.82) is 0 Å². The molecule has 0 fully saturated rings. The lowest BCUT2D eigenvalue weighted by atomic mass is 10.1. The van der Waals surface area contributed by atoms with Crippen molar-refractivity contribution in [3.05, 3.63) is 70.8 Å². The van der Waals surface area contributed by atoms with E-state index in [0.717, 1.165) is 30.8 Å². The molecule has 0 spiro atoms. The van der Waals surface area contributed by atoms with E-state index in [-0.39, 0.29) is 5.91 Å². The molecule has 0 atom stereocenters. The van der Waals surface area contributed by atoms with Gasteiger partial charge in [-0.3, -0.25) is 9.69 Å². The Hall–Kier alpha value is -2.17. The van der Waals surface area contributed by atoms with Crippen LogP contribution >= 0.6 is 0 Å². The first-order valence-electron chi connectivity index (χ1n) is 9.41. The van der Waals surface area contributed by atoms with Gasteiger partial charge in [0.2, 0.25) is 0 Å². The fourth-order valence-electron chi connectivity index (χ4n) is 2.72. The number of hydrogen-bond acceptors (Lipinski definition) is 3. The van der Waals surface area contributed by atoms with Crippen LogP contribution in [-0.2, 0) is 24.4 Å². The first-order valence-corrected chi connectivity index (χ1v) is 9.41. The summed E-state index contributed by atoms with van der Waals surface area (Å²) in [5.74, 6) is -0.0437. The normalized spacial score (nSPS) is 10.9. The molecule has 0 aliphatic carbocycles. The molecule has 2 rings (SSSR count). The summed E-state index contributed by atoms with van der Waals surface area (Å²) < 4.78 is 5.39. The Balaban J connectivity index is 1.85. The number of rotatable bonds is 10. The second-order valence-corrected chi connectivity index (χ2v) is 6.29. The van der Waals surface area contributed by atoms with Crippen LogP contribution in [0, 0.1) is 0 Å². The molecule has 0 unspecified atom stereocenters. The highest BCUT2D eigenvalue weighted by molar-refractivity contribution is 5.94. The molecule has 0 aliphatic rings. The molecule has 26 heavy (non-hydrogen) atoms. The third kappa shape index (κ3) is 6.28. The number of carbonyl (C=O) groups excluding carboxylic acids is 1. The van der Waals surface area contributed by atoms with E-state index in [1.165, 1.54) is 5.56 Å². The Labute approximate surface area is 157 Å². The van der Waals surface area contributed by atoms with Gasteiger partial charge in [0.05, 0.1) is 6.61 Å². The van der Waals surface area contributed by atoms with E-state index >= 15 is 0 Å². The predicted octanol–water partition coefficient (Wildman–Crippen LogP) is 3.99. The van der Waals surface area contributed by atoms with Crippen LogP contribution in [0.25, 0.3) is 0 Å². The largest absolute Gasteiger partial charge is 0.377 e. The van der Waals surface area contributed by atoms with Crippen molar-refractivity contribution in [2.75, 3.05) is 19.7 Å². The maximum atomic E-state index is 12.3. The van der Waals surface area contributed by atoms with Gasteiger partial charge in [-0.2, -0.15) is 0 Å². The van der Waals surface area contributed by atoms with Crippen LogP contribution in [0.2, 0.25) is 0 Å². The highest BCUT2D eigenvalue weighted by Crippen LogP contribution is 2.09. The monoisotopic (exact) mass is 354 g/mol. The lowest BCUT2D eigenvalue weighted by Gasteiger charge is -2.18. The molecular formula is C22H30N2O2. The van der Waals surface area contributed by atoms with Gasteiger partial charge in [-0.25, -0.2) is 0 Å². The van der Waals surface area contributed by atoms with Crippen LogP contribution in [0.3, 0.4) is 0 Å². The van der Waals surface area contributed by atoms with Crippen molar-refractivity contribution in [2.24, 2.45) is 0 Å². The van der Waals surface area contributed by atoms with Crippen LogP contribution in [-0.4, -0.2) is 30.5 Å². The topological polar surface area (TPSA) is 41.6 Å². The molecule has 1 amide bonds. The summed E-state index contributed by atoms with van der Waals surface area (Å²) in [7, 11) is 0. The van der Waals surface area contributed by atoms with Gasteiger partial charge >= 0.3 is 0 Å². The Morgan fingerprint density at radius 2 is 1.46 bits per heavy atom. The molecule has 0 radical (unpaired) electrons.